The second-order valence-corrected chi connectivity index (χ2v) is 40.9. The normalized spacial score (nSPS) is 13.1. The number of morpholine rings is 1. The van der Waals surface area contributed by atoms with Crippen LogP contribution in [0.1, 0.15) is 117 Å². The number of sulfonamides is 1. The highest BCUT2D eigenvalue weighted by atomic mass is 32.2. The number of aromatic nitrogens is 17. The quantitative estimate of drug-likeness (QED) is 0.0411. The number of thioether (sulfide) groups is 5. The molecular weight excluding hydrogens is 1900 g/mol. The number of aryl methyl sites for hydroxylation is 9. The molecular formula is C108H111N21O7S6. The molecule has 2 fully saturated rings. The van der Waals surface area contributed by atoms with Crippen molar-refractivity contribution in [1.82, 2.24) is 99.2 Å². The summed E-state index contributed by atoms with van der Waals surface area (Å²) in [5.74, 6) is 1.52. The van der Waals surface area contributed by atoms with E-state index in [0.29, 0.717) is 53.2 Å². The molecule has 28 nitrogen and oxygen atoms in total. The summed E-state index contributed by atoms with van der Waals surface area (Å²) in [6, 6.07) is 96.4. The number of methoxy groups -OCH3 is 1. The molecule has 5 aromatic heterocycles. The first-order valence-corrected chi connectivity index (χ1v) is 52.3. The molecule has 7 heterocycles. The summed E-state index contributed by atoms with van der Waals surface area (Å²) in [5.41, 5.74) is 22.1. The van der Waals surface area contributed by atoms with Gasteiger partial charge in [0.1, 0.15) is 40.5 Å². The maximum absolute atomic E-state index is 13.5. The molecule has 0 saturated carbocycles. The summed E-state index contributed by atoms with van der Waals surface area (Å²) in [6.45, 7) is 24.8. The third kappa shape index (κ3) is 26.6. The van der Waals surface area contributed by atoms with E-state index in [4.69, 9.17) is 9.47 Å². The number of benzene rings is 12. The fourth-order valence-corrected chi connectivity index (χ4v) is 22.1. The summed E-state index contributed by atoms with van der Waals surface area (Å²) in [5, 5.41) is 50.8. The number of para-hydroxylation sites is 2. The molecule has 2 saturated heterocycles. The summed E-state index contributed by atoms with van der Waals surface area (Å²) >= 11 is 7.35. The highest BCUT2D eigenvalue weighted by Gasteiger charge is 2.34. The van der Waals surface area contributed by atoms with Gasteiger partial charge in [0.2, 0.25) is 38.1 Å². The number of tetrazole rings is 2. The van der Waals surface area contributed by atoms with Gasteiger partial charge >= 0.3 is 0 Å². The van der Waals surface area contributed by atoms with Gasteiger partial charge in [0, 0.05) is 38.5 Å². The molecule has 4 unspecified atom stereocenters. The van der Waals surface area contributed by atoms with Crippen molar-refractivity contribution in [3.8, 4) is 34.2 Å². The Bertz CT molecular complexity index is 7170. The van der Waals surface area contributed by atoms with Crippen molar-refractivity contribution in [2.45, 2.75) is 140 Å². The Morgan fingerprint density at radius 3 is 1.44 bits per heavy atom. The van der Waals surface area contributed by atoms with Gasteiger partial charge in [-0.15, -0.1) is 30.6 Å². The lowest BCUT2D eigenvalue weighted by Gasteiger charge is -2.30. The van der Waals surface area contributed by atoms with Crippen LogP contribution in [0, 0.1) is 69.2 Å². The smallest absolute Gasteiger partial charge is 0.242 e. The van der Waals surface area contributed by atoms with Gasteiger partial charge in [-0.25, -0.2) is 22.8 Å². The van der Waals surface area contributed by atoms with E-state index >= 15 is 0 Å². The monoisotopic (exact) mass is 2010 g/mol. The molecule has 2 N–H and O–H groups in total. The van der Waals surface area contributed by atoms with Crippen molar-refractivity contribution < 1.29 is 32.3 Å². The van der Waals surface area contributed by atoms with Crippen LogP contribution in [0.2, 0.25) is 0 Å². The highest BCUT2D eigenvalue weighted by molar-refractivity contribution is 8.00. The van der Waals surface area contributed by atoms with Crippen molar-refractivity contribution in [1.29, 1.82) is 0 Å². The van der Waals surface area contributed by atoms with Crippen LogP contribution in [0.3, 0.4) is 0 Å². The van der Waals surface area contributed by atoms with Crippen LogP contribution in [-0.4, -0.2) is 174 Å². The molecule has 17 aromatic rings. The molecule has 19 rings (SSSR count). The Labute approximate surface area is 849 Å². The minimum Gasteiger partial charge on any atom is -0.495 e. The standard InChI is InChI=1S/C25H25N5O2S.C24H24N4O2S2.C21H22N4OS.C20H21N5O2S.C18H19N3S/c1-16-11-13-22(32-4)20(14-16)26-24(31)23(19-8-6-5-7-9-19)33-25-27-28-29-30(25)21-15-17(2)10-12-18(21)3;1-18-13-14-19(2)22(15-18)28-24(25-17-26-28)31-23(20-9-5-3-6-10-20)16-27-32(29,30)21-11-7-4-8-12-21;1-16-9-5-6-12-18(16)25-15-22-23-21(25)27-19(17-10-3-2-4-11-17)20(26)24-13-7-8-14-24;1-15-7-5-6-10-17(15)25-20(21-22-23-25)28-18(16-8-3-2-4-9-16)19(26)24-11-13-27-14-12-24;1-13-8-6-10-17(15(13)3)21-12-19-20-18(21)22-11-16-9-5-4-7-14(16)2/h5-15,23H,1-4H3,(H,26,31);3-15,17,23,27H,16H2,1-2H3;2-6,9-12,15,19H,7-8,13-14H2,1H3;2-10,18H,11-14H2,1H3;4-10,12H,11H2,1-3H3. The van der Waals surface area contributed by atoms with Gasteiger partial charge in [-0.1, -0.05) is 301 Å². The Hall–Kier alpha value is -14.0. The van der Waals surface area contributed by atoms with Gasteiger partial charge in [0.05, 0.1) is 64.6 Å². The van der Waals surface area contributed by atoms with Crippen LogP contribution in [0.15, 0.2) is 347 Å². The number of nitrogens with one attached hydrogen (secondary N) is 2. The van der Waals surface area contributed by atoms with E-state index in [1.807, 2.05) is 261 Å². The fourth-order valence-electron chi connectivity index (χ4n) is 15.7. The van der Waals surface area contributed by atoms with E-state index < -0.39 is 20.5 Å². The summed E-state index contributed by atoms with van der Waals surface area (Å²) in [4.78, 5) is 48.6. The second kappa shape index (κ2) is 49.9. The Morgan fingerprint density at radius 2 is 0.866 bits per heavy atom. The second-order valence-electron chi connectivity index (χ2n) is 33.8. The number of amides is 3. The van der Waals surface area contributed by atoms with Crippen molar-refractivity contribution in [2.24, 2.45) is 0 Å². The number of nitrogens with zero attached hydrogens (tertiary/aromatic N) is 19. The molecule has 2 aliphatic rings. The fraction of sp³-hybridized carbons (Fsp3) is 0.231. The zero-order valence-corrected chi connectivity index (χ0v) is 85.6. The Kier molecular flexibility index (Phi) is 36.0. The average molecular weight is 2010 g/mol. The maximum atomic E-state index is 13.5. The van der Waals surface area contributed by atoms with E-state index in [0.717, 1.165) is 132 Å². The molecule has 34 heteroatoms. The van der Waals surface area contributed by atoms with Crippen molar-refractivity contribution in [2.75, 3.05) is 58.4 Å². The number of ether oxygens (including phenoxy) is 2. The van der Waals surface area contributed by atoms with Gasteiger partial charge in [-0.2, -0.15) is 14.5 Å². The minimum atomic E-state index is -3.62. The zero-order valence-electron chi connectivity index (χ0n) is 80.7. The van der Waals surface area contributed by atoms with Crippen LogP contribution in [-0.2, 0) is 34.9 Å². The molecule has 12 aromatic carbocycles. The first-order valence-electron chi connectivity index (χ1n) is 46.3. The van der Waals surface area contributed by atoms with Crippen molar-refractivity contribution >= 4 is 92.2 Å². The SMILES string of the molecule is COc1ccc(C)cc1NC(=O)C(Sc1nnnn1-c1cc(C)ccc1C)c1ccccc1.Cc1ccc(C)c(-n2ncnc2SC(CNS(=O)(=O)c2ccccc2)c2ccccc2)c1.Cc1ccccc1-n1cnnc1SC(C(=O)N1CCCC1)c1ccccc1.Cc1ccccc1-n1nnnc1SC(C(=O)N1CCOCC1)c1ccccc1.Cc1ccccc1CSc1nncn1-c1cccc(C)c1C. The maximum Gasteiger partial charge on any atom is 0.242 e. The van der Waals surface area contributed by atoms with Gasteiger partial charge in [-0.05, 0) is 241 Å². The van der Waals surface area contributed by atoms with E-state index in [1.165, 1.54) is 75.6 Å². The number of hydrogen-bond donors (Lipinski definition) is 2. The first kappa shape index (κ1) is 102. The molecule has 0 radical (unpaired) electrons. The number of rotatable bonds is 29. The number of carbonyl (C=O) groups is 3. The van der Waals surface area contributed by atoms with E-state index in [1.54, 1.807) is 71.2 Å². The lowest BCUT2D eigenvalue weighted by atomic mass is 10.1. The predicted molar refractivity (Wildman–Crippen MR) is 562 cm³/mol. The number of likely N-dealkylation sites (tertiary alicyclic amines) is 1. The number of carbonyl (C=O) groups excluding carboxylic acids is 3. The van der Waals surface area contributed by atoms with Crippen LogP contribution >= 0.6 is 58.8 Å². The van der Waals surface area contributed by atoms with Gasteiger partial charge in [0.15, 0.2) is 15.5 Å². The van der Waals surface area contributed by atoms with Crippen molar-refractivity contribution in [3.63, 3.8) is 0 Å². The number of hydrogen-bond acceptors (Lipinski definition) is 24. The number of anilines is 1. The third-order valence-corrected chi connectivity index (χ3v) is 30.9. The van der Waals surface area contributed by atoms with E-state index in [-0.39, 0.29) is 39.7 Å². The zero-order chi connectivity index (χ0) is 99.4. The van der Waals surface area contributed by atoms with Gasteiger partial charge < -0.3 is 24.6 Å². The topological polar surface area (TPSA) is 314 Å². The minimum absolute atomic E-state index is 0.0545. The first-order chi connectivity index (χ1) is 69.0. The average Bonchev–Trinajstić information content (AvgIpc) is 1.58. The van der Waals surface area contributed by atoms with Crippen LogP contribution < -0.4 is 14.8 Å². The molecule has 3 amide bonds. The molecule has 0 aliphatic carbocycles. The van der Waals surface area contributed by atoms with Crippen LogP contribution in [0.4, 0.5) is 5.69 Å². The molecule has 142 heavy (non-hydrogen) atoms. The Morgan fingerprint density at radius 1 is 0.415 bits per heavy atom. The highest BCUT2D eigenvalue weighted by Crippen LogP contribution is 2.43. The van der Waals surface area contributed by atoms with E-state index in [9.17, 15) is 22.8 Å². The van der Waals surface area contributed by atoms with Gasteiger partial charge in [0.25, 0.3) is 0 Å². The third-order valence-electron chi connectivity index (χ3n) is 23.7. The molecule has 726 valence electrons. The summed E-state index contributed by atoms with van der Waals surface area (Å²) in [6.07, 6.45) is 7.20. The molecule has 0 spiro atoms. The Balaban J connectivity index is 0.000000135. The summed E-state index contributed by atoms with van der Waals surface area (Å²) in [7, 11) is -2.04. The molecule has 4 atom stereocenters. The summed E-state index contributed by atoms with van der Waals surface area (Å²) < 4.78 is 48.4. The predicted octanol–water partition coefficient (Wildman–Crippen LogP) is 20.9. The molecule has 2 aliphatic heterocycles. The lowest BCUT2D eigenvalue weighted by Crippen LogP contribution is -2.42. The van der Waals surface area contributed by atoms with Crippen LogP contribution in [0.25, 0.3) is 28.4 Å². The lowest BCUT2D eigenvalue weighted by molar-refractivity contribution is -0.134. The molecule has 0 bridgehead atoms. The largest absolute Gasteiger partial charge is 0.495 e. The van der Waals surface area contributed by atoms with Crippen molar-refractivity contribution in [3.05, 3.63) is 400 Å². The van der Waals surface area contributed by atoms with Gasteiger partial charge in [-0.3, -0.25) is 23.5 Å². The van der Waals surface area contributed by atoms with Crippen LogP contribution in [0.5, 0.6) is 5.75 Å². The van der Waals surface area contributed by atoms with E-state index in [2.05, 4.69) is 171 Å².